The molecule has 10 nitrogen and oxygen atoms in total. The average Bonchev–Trinajstić information content (AvgIpc) is 3.67. The maximum absolute atomic E-state index is 13.3. The Hall–Kier alpha value is -5.77. The predicted octanol–water partition coefficient (Wildman–Crippen LogP) is 5.13. The van der Waals surface area contributed by atoms with Crippen LogP contribution >= 0.6 is 0 Å². The number of nitrogens with one attached hydrogen (secondary N) is 2. The molecule has 0 aliphatic heterocycles. The molecule has 10 heteroatoms. The van der Waals surface area contributed by atoms with Gasteiger partial charge in [0.05, 0.1) is 23.4 Å². The summed E-state index contributed by atoms with van der Waals surface area (Å²) in [4.78, 5) is 37.0. The summed E-state index contributed by atoms with van der Waals surface area (Å²) in [5.41, 5.74) is 2.63. The van der Waals surface area contributed by atoms with E-state index >= 15 is 0 Å². The van der Waals surface area contributed by atoms with E-state index in [9.17, 15) is 19.7 Å². The van der Waals surface area contributed by atoms with Crippen molar-refractivity contribution in [1.29, 1.82) is 0 Å². The van der Waals surface area contributed by atoms with Gasteiger partial charge in [-0.3, -0.25) is 19.7 Å². The largest absolute Gasteiger partial charge is 0.467 e. The van der Waals surface area contributed by atoms with Crippen molar-refractivity contribution >= 4 is 23.6 Å². The van der Waals surface area contributed by atoms with Crippen LogP contribution in [0.5, 0.6) is 0 Å². The number of hydrogen-bond donors (Lipinski definition) is 2. The van der Waals surface area contributed by atoms with Gasteiger partial charge in [0.15, 0.2) is 0 Å². The molecule has 2 amide bonds. The van der Waals surface area contributed by atoms with Crippen LogP contribution in [0.1, 0.15) is 21.7 Å². The second kappa shape index (κ2) is 11.7. The van der Waals surface area contributed by atoms with E-state index in [4.69, 9.17) is 9.52 Å². The molecule has 198 valence electrons. The van der Waals surface area contributed by atoms with Crippen molar-refractivity contribution in [2.75, 3.05) is 0 Å². The second-order valence-corrected chi connectivity index (χ2v) is 8.66. The molecule has 0 atom stereocenters. The minimum absolute atomic E-state index is 0.0174. The number of nitrogens with zero attached hydrogens (tertiary/aromatic N) is 3. The van der Waals surface area contributed by atoms with Crippen LogP contribution in [0.2, 0.25) is 0 Å². The van der Waals surface area contributed by atoms with Gasteiger partial charge in [0.1, 0.15) is 17.2 Å². The van der Waals surface area contributed by atoms with Gasteiger partial charge in [0.2, 0.25) is 0 Å². The average molecular weight is 534 g/mol. The fourth-order valence-corrected chi connectivity index (χ4v) is 3.94. The molecule has 0 saturated carbocycles. The highest BCUT2D eigenvalue weighted by atomic mass is 16.6. The van der Waals surface area contributed by atoms with Gasteiger partial charge in [0, 0.05) is 35.0 Å². The highest BCUT2D eigenvalue weighted by Gasteiger charge is 2.19. The lowest BCUT2D eigenvalue weighted by Crippen LogP contribution is -2.34. The zero-order valence-electron chi connectivity index (χ0n) is 21.1. The van der Waals surface area contributed by atoms with Crippen molar-refractivity contribution < 1.29 is 18.9 Å². The lowest BCUT2D eigenvalue weighted by molar-refractivity contribution is -0.384. The number of aromatic nitrogens is 2. The normalized spacial score (nSPS) is 11.2. The van der Waals surface area contributed by atoms with Crippen molar-refractivity contribution in [2.45, 2.75) is 6.54 Å². The van der Waals surface area contributed by atoms with E-state index in [2.05, 4.69) is 10.6 Å². The lowest BCUT2D eigenvalue weighted by atomic mass is 10.1. The monoisotopic (exact) mass is 533 g/mol. The lowest BCUT2D eigenvalue weighted by Gasteiger charge is -2.11. The molecular weight excluding hydrogens is 510 g/mol. The Morgan fingerprint density at radius 1 is 0.925 bits per heavy atom. The molecule has 3 aromatic carbocycles. The molecule has 5 rings (SSSR count). The quantitative estimate of drug-likeness (QED) is 0.153. The van der Waals surface area contributed by atoms with Crippen LogP contribution < -0.4 is 10.6 Å². The van der Waals surface area contributed by atoms with Crippen molar-refractivity contribution in [3.05, 3.63) is 142 Å². The first-order chi connectivity index (χ1) is 19.5. The second-order valence-electron chi connectivity index (χ2n) is 8.66. The van der Waals surface area contributed by atoms with Crippen LogP contribution in [0.4, 0.5) is 5.69 Å². The van der Waals surface area contributed by atoms with Gasteiger partial charge in [-0.05, 0) is 54.6 Å². The third-order valence-corrected chi connectivity index (χ3v) is 5.95. The van der Waals surface area contributed by atoms with Crippen LogP contribution in [0, 0.1) is 10.1 Å². The molecule has 5 aromatic rings. The summed E-state index contributed by atoms with van der Waals surface area (Å²) in [5, 5.41) is 21.4. The maximum atomic E-state index is 13.3. The number of non-ortho nitro benzene ring substituents is 1. The number of carbonyl (C=O) groups is 2. The maximum Gasteiger partial charge on any atom is 0.269 e. The molecule has 0 saturated heterocycles. The molecule has 0 aliphatic carbocycles. The highest BCUT2D eigenvalue weighted by Crippen LogP contribution is 2.27. The van der Waals surface area contributed by atoms with Crippen LogP contribution in [-0.2, 0) is 11.3 Å². The van der Waals surface area contributed by atoms with E-state index in [0.29, 0.717) is 28.1 Å². The number of benzene rings is 3. The Bertz CT molecular complexity index is 1660. The Morgan fingerprint density at radius 2 is 1.62 bits per heavy atom. The number of nitro benzene ring substituents is 1. The van der Waals surface area contributed by atoms with E-state index in [0.717, 1.165) is 5.69 Å². The molecular formula is C30H23N5O5. The van der Waals surface area contributed by atoms with E-state index in [1.165, 1.54) is 24.5 Å². The number of rotatable bonds is 9. The molecule has 0 spiro atoms. The molecule has 2 aromatic heterocycles. The summed E-state index contributed by atoms with van der Waals surface area (Å²) in [6.07, 6.45) is 4.76. The third-order valence-electron chi connectivity index (χ3n) is 5.95. The fourth-order valence-electron chi connectivity index (χ4n) is 3.94. The zero-order valence-corrected chi connectivity index (χ0v) is 21.1. The van der Waals surface area contributed by atoms with Crippen molar-refractivity contribution in [3.8, 4) is 16.9 Å². The predicted molar refractivity (Wildman–Crippen MR) is 148 cm³/mol. The van der Waals surface area contributed by atoms with Gasteiger partial charge < -0.3 is 15.1 Å². The number of carbonyl (C=O) groups excluding carboxylic acids is 2. The van der Waals surface area contributed by atoms with Crippen LogP contribution in [0.3, 0.4) is 0 Å². The van der Waals surface area contributed by atoms with E-state index < -0.39 is 16.7 Å². The first-order valence-electron chi connectivity index (χ1n) is 12.3. The minimum Gasteiger partial charge on any atom is -0.467 e. The van der Waals surface area contributed by atoms with E-state index in [-0.39, 0.29) is 17.9 Å². The van der Waals surface area contributed by atoms with Gasteiger partial charge in [0.25, 0.3) is 17.5 Å². The molecule has 0 fully saturated rings. The fraction of sp³-hybridized carbons (Fsp3) is 0.0333. The SMILES string of the molecule is O=C(NCc1ccco1)/C(=C\c1cn(-c2ccccc2)nc1-c1ccc([N+](=O)[O-])cc1)NC(=O)c1ccccc1. The number of amides is 2. The van der Waals surface area contributed by atoms with Gasteiger partial charge in [-0.2, -0.15) is 5.10 Å². The molecule has 2 N–H and O–H groups in total. The molecule has 2 heterocycles. The summed E-state index contributed by atoms with van der Waals surface area (Å²) in [6.45, 7) is 0.114. The standard InChI is InChI=1S/C30H23N5O5/c36-29(22-8-3-1-4-9-22)32-27(30(37)31-19-26-12-7-17-40-26)18-23-20-34(24-10-5-2-6-11-24)33-28(23)21-13-15-25(16-14-21)35(38)39/h1-18,20H,19H2,(H,31,37)(H,32,36)/b27-18+. The minimum atomic E-state index is -0.539. The van der Waals surface area contributed by atoms with Crippen LogP contribution in [0.25, 0.3) is 23.0 Å². The number of furan rings is 1. The van der Waals surface area contributed by atoms with Crippen LogP contribution in [0.15, 0.2) is 120 Å². The smallest absolute Gasteiger partial charge is 0.269 e. The number of para-hydroxylation sites is 1. The van der Waals surface area contributed by atoms with Gasteiger partial charge in [-0.25, -0.2) is 4.68 Å². The number of hydrogen-bond acceptors (Lipinski definition) is 6. The van der Waals surface area contributed by atoms with Crippen molar-refractivity contribution in [2.24, 2.45) is 0 Å². The third kappa shape index (κ3) is 6.03. The molecule has 40 heavy (non-hydrogen) atoms. The molecule has 0 bridgehead atoms. The molecule has 0 aliphatic rings. The summed E-state index contributed by atoms with van der Waals surface area (Å²) >= 11 is 0. The van der Waals surface area contributed by atoms with Crippen LogP contribution in [-0.4, -0.2) is 26.5 Å². The molecule has 0 unspecified atom stereocenters. The summed E-state index contributed by atoms with van der Waals surface area (Å²) in [5.74, 6) is -0.458. The van der Waals surface area contributed by atoms with Gasteiger partial charge in [-0.1, -0.05) is 36.4 Å². The van der Waals surface area contributed by atoms with Crippen molar-refractivity contribution in [1.82, 2.24) is 20.4 Å². The Morgan fingerprint density at radius 3 is 2.27 bits per heavy atom. The van der Waals surface area contributed by atoms with Crippen molar-refractivity contribution in [3.63, 3.8) is 0 Å². The molecule has 0 radical (unpaired) electrons. The Balaban J connectivity index is 1.56. The van der Waals surface area contributed by atoms with E-state index in [1.54, 1.807) is 65.5 Å². The van der Waals surface area contributed by atoms with Gasteiger partial charge >= 0.3 is 0 Å². The number of nitro groups is 1. The summed E-state index contributed by atoms with van der Waals surface area (Å²) in [7, 11) is 0. The summed E-state index contributed by atoms with van der Waals surface area (Å²) in [6, 6.07) is 27.3. The highest BCUT2D eigenvalue weighted by molar-refractivity contribution is 6.05. The Labute approximate surface area is 228 Å². The first-order valence-corrected chi connectivity index (χ1v) is 12.3. The Kier molecular flexibility index (Phi) is 7.59. The first kappa shape index (κ1) is 25.9. The topological polar surface area (TPSA) is 132 Å². The summed E-state index contributed by atoms with van der Waals surface area (Å²) < 4.78 is 6.94. The zero-order chi connectivity index (χ0) is 27.9. The van der Waals surface area contributed by atoms with Gasteiger partial charge in [-0.15, -0.1) is 0 Å². The van der Waals surface area contributed by atoms with E-state index in [1.807, 2.05) is 30.3 Å².